The van der Waals surface area contributed by atoms with E-state index in [2.05, 4.69) is 5.32 Å². The molecule has 22 heavy (non-hydrogen) atoms. The van der Waals surface area contributed by atoms with Crippen LogP contribution in [0.25, 0.3) is 0 Å². The molecule has 122 valence electrons. The number of carboxylic acids is 1. The number of aliphatic carboxylic acids is 1. The Morgan fingerprint density at radius 2 is 1.82 bits per heavy atom. The predicted molar refractivity (Wildman–Crippen MR) is 79.3 cm³/mol. The molecule has 0 saturated carbocycles. The first-order valence-corrected chi connectivity index (χ1v) is 6.62. The Hall–Kier alpha value is -2.44. The highest BCUT2D eigenvalue weighted by Crippen LogP contribution is 2.30. The minimum atomic E-state index is -1.30. The third-order valence-electron chi connectivity index (χ3n) is 2.66. The zero-order valence-corrected chi connectivity index (χ0v) is 13.3. The predicted octanol–water partition coefficient (Wildman–Crippen LogP) is 2.35. The molecule has 0 aromatic heterocycles. The van der Waals surface area contributed by atoms with Gasteiger partial charge in [0.1, 0.15) is 17.1 Å². The van der Waals surface area contributed by atoms with Gasteiger partial charge >= 0.3 is 12.1 Å². The Balaban J connectivity index is 3.06. The molecule has 1 rings (SSSR count). The van der Waals surface area contributed by atoms with Crippen molar-refractivity contribution >= 4 is 12.1 Å². The summed E-state index contributed by atoms with van der Waals surface area (Å²) in [5, 5.41) is 11.7. The van der Waals surface area contributed by atoms with Gasteiger partial charge in [0.2, 0.25) is 0 Å². The zero-order valence-electron chi connectivity index (χ0n) is 13.3. The van der Waals surface area contributed by atoms with E-state index in [4.69, 9.17) is 14.2 Å². The Morgan fingerprint density at radius 3 is 2.27 bits per heavy atom. The fourth-order valence-corrected chi connectivity index (χ4v) is 1.75. The second kappa shape index (κ2) is 7.02. The molecular formula is C15H21NO6. The molecule has 0 bridgehead atoms. The van der Waals surface area contributed by atoms with Gasteiger partial charge in [0.25, 0.3) is 0 Å². The van der Waals surface area contributed by atoms with E-state index < -0.39 is 23.7 Å². The molecule has 0 aliphatic rings. The van der Waals surface area contributed by atoms with Crippen molar-refractivity contribution in [2.24, 2.45) is 0 Å². The molecule has 0 radical (unpaired) electrons. The number of amides is 1. The highest BCUT2D eigenvalue weighted by Gasteiger charge is 2.28. The number of methoxy groups -OCH3 is 2. The number of carbonyl (C=O) groups is 2. The van der Waals surface area contributed by atoms with E-state index in [1.807, 2.05) is 0 Å². The van der Waals surface area contributed by atoms with Crippen LogP contribution in [0.3, 0.4) is 0 Å². The average molecular weight is 311 g/mol. The maximum atomic E-state index is 11.8. The van der Waals surface area contributed by atoms with Crippen LogP contribution in [0.5, 0.6) is 11.5 Å². The van der Waals surface area contributed by atoms with Gasteiger partial charge in [0.05, 0.1) is 14.2 Å². The lowest BCUT2D eigenvalue weighted by Gasteiger charge is -2.23. The SMILES string of the molecule is COc1ccc([C@@H](NC(=O)OC(C)(C)C)C(=O)O)c(OC)c1. The van der Waals surface area contributed by atoms with E-state index in [1.54, 1.807) is 32.9 Å². The lowest BCUT2D eigenvalue weighted by Crippen LogP contribution is -2.38. The lowest BCUT2D eigenvalue weighted by molar-refractivity contribution is -0.139. The summed E-state index contributed by atoms with van der Waals surface area (Å²) in [6, 6.07) is 3.36. The molecule has 0 saturated heterocycles. The summed E-state index contributed by atoms with van der Waals surface area (Å²) < 4.78 is 15.3. The number of alkyl carbamates (subject to hydrolysis) is 1. The van der Waals surface area contributed by atoms with E-state index in [0.717, 1.165) is 0 Å². The molecule has 0 fully saturated rings. The molecule has 0 aliphatic heterocycles. The van der Waals surface area contributed by atoms with Gasteiger partial charge in [0, 0.05) is 11.6 Å². The van der Waals surface area contributed by atoms with Gasteiger partial charge in [-0.15, -0.1) is 0 Å². The van der Waals surface area contributed by atoms with Crippen molar-refractivity contribution in [1.82, 2.24) is 5.32 Å². The van der Waals surface area contributed by atoms with Crippen LogP contribution < -0.4 is 14.8 Å². The van der Waals surface area contributed by atoms with Crippen molar-refractivity contribution in [3.05, 3.63) is 23.8 Å². The molecule has 7 heteroatoms. The summed E-state index contributed by atoms with van der Waals surface area (Å²) >= 11 is 0. The number of benzene rings is 1. The number of hydrogen-bond acceptors (Lipinski definition) is 5. The first-order valence-electron chi connectivity index (χ1n) is 6.62. The van der Waals surface area contributed by atoms with Crippen molar-refractivity contribution in [2.45, 2.75) is 32.4 Å². The molecule has 7 nitrogen and oxygen atoms in total. The van der Waals surface area contributed by atoms with E-state index in [0.29, 0.717) is 17.1 Å². The number of carbonyl (C=O) groups excluding carboxylic acids is 1. The highest BCUT2D eigenvalue weighted by molar-refractivity contribution is 5.82. The number of hydrogen-bond donors (Lipinski definition) is 2. The van der Waals surface area contributed by atoms with Gasteiger partial charge in [-0.2, -0.15) is 0 Å². The first kappa shape index (κ1) is 17.6. The fraction of sp³-hybridized carbons (Fsp3) is 0.467. The third-order valence-corrected chi connectivity index (χ3v) is 2.66. The molecule has 0 heterocycles. The van der Waals surface area contributed by atoms with E-state index in [1.165, 1.54) is 20.3 Å². The molecule has 1 amide bonds. The minimum absolute atomic E-state index is 0.293. The van der Waals surface area contributed by atoms with Gasteiger partial charge < -0.3 is 24.6 Å². The second-order valence-corrected chi connectivity index (χ2v) is 5.53. The van der Waals surface area contributed by atoms with Crippen LogP contribution in [-0.4, -0.2) is 37.0 Å². The van der Waals surface area contributed by atoms with Crippen LogP contribution in [0.2, 0.25) is 0 Å². The summed E-state index contributed by atoms with van der Waals surface area (Å²) in [6.45, 7) is 5.07. The molecular weight excluding hydrogens is 290 g/mol. The summed E-state index contributed by atoms with van der Waals surface area (Å²) in [5.74, 6) is -0.417. The molecule has 0 unspecified atom stereocenters. The first-order chi connectivity index (χ1) is 10.2. The monoisotopic (exact) mass is 311 g/mol. The van der Waals surface area contributed by atoms with Crippen LogP contribution in [-0.2, 0) is 9.53 Å². The standard InChI is InChI=1S/C15H21NO6/c1-15(2,3)22-14(19)16-12(13(17)18)10-7-6-9(20-4)8-11(10)21-5/h6-8,12H,1-5H3,(H,16,19)(H,17,18)/t12-/m1/s1. The van der Waals surface area contributed by atoms with E-state index in [-0.39, 0.29) is 0 Å². The van der Waals surface area contributed by atoms with Crippen LogP contribution >= 0.6 is 0 Å². The van der Waals surface area contributed by atoms with Gasteiger partial charge in [-0.1, -0.05) is 0 Å². The van der Waals surface area contributed by atoms with E-state index in [9.17, 15) is 14.7 Å². The highest BCUT2D eigenvalue weighted by atomic mass is 16.6. The number of rotatable bonds is 5. The minimum Gasteiger partial charge on any atom is -0.497 e. The van der Waals surface area contributed by atoms with Crippen LogP contribution in [0.4, 0.5) is 4.79 Å². The van der Waals surface area contributed by atoms with Crippen molar-refractivity contribution in [2.75, 3.05) is 14.2 Å². The topological polar surface area (TPSA) is 94.1 Å². The largest absolute Gasteiger partial charge is 0.497 e. The van der Waals surface area contributed by atoms with Crippen molar-refractivity contribution in [3.63, 3.8) is 0 Å². The summed E-state index contributed by atoms with van der Waals surface area (Å²) in [7, 11) is 2.90. The smallest absolute Gasteiger partial charge is 0.408 e. The Kier molecular flexibility index (Phi) is 5.62. The van der Waals surface area contributed by atoms with Crippen LogP contribution in [0.15, 0.2) is 18.2 Å². The number of nitrogens with one attached hydrogen (secondary N) is 1. The zero-order chi connectivity index (χ0) is 16.9. The average Bonchev–Trinajstić information content (AvgIpc) is 2.42. The third kappa shape index (κ3) is 4.83. The number of carboxylic acid groups (broad SMARTS) is 1. The maximum absolute atomic E-state index is 11.8. The second-order valence-electron chi connectivity index (χ2n) is 5.53. The van der Waals surface area contributed by atoms with E-state index >= 15 is 0 Å². The van der Waals surface area contributed by atoms with Crippen LogP contribution in [0, 0.1) is 0 Å². The Bertz CT molecular complexity index is 549. The fourth-order valence-electron chi connectivity index (χ4n) is 1.75. The maximum Gasteiger partial charge on any atom is 0.408 e. The summed E-state index contributed by atoms with van der Waals surface area (Å²) in [4.78, 5) is 23.3. The quantitative estimate of drug-likeness (QED) is 0.867. The van der Waals surface area contributed by atoms with Crippen molar-refractivity contribution in [1.29, 1.82) is 0 Å². The summed E-state index contributed by atoms with van der Waals surface area (Å²) in [6.07, 6.45) is -0.822. The molecule has 2 N–H and O–H groups in total. The van der Waals surface area contributed by atoms with Crippen molar-refractivity contribution < 1.29 is 28.9 Å². The van der Waals surface area contributed by atoms with Gasteiger partial charge in [-0.25, -0.2) is 9.59 Å². The lowest BCUT2D eigenvalue weighted by atomic mass is 10.1. The summed E-state index contributed by atoms with van der Waals surface area (Å²) in [5.41, 5.74) is -0.432. The molecule has 0 aliphatic carbocycles. The van der Waals surface area contributed by atoms with Crippen molar-refractivity contribution in [3.8, 4) is 11.5 Å². The Morgan fingerprint density at radius 1 is 1.18 bits per heavy atom. The van der Waals surface area contributed by atoms with Gasteiger partial charge in [-0.3, -0.25) is 0 Å². The molecule has 1 aromatic carbocycles. The molecule has 1 aromatic rings. The number of ether oxygens (including phenoxy) is 3. The molecule has 0 spiro atoms. The molecule has 1 atom stereocenters. The normalized spacial score (nSPS) is 12.2. The van der Waals surface area contributed by atoms with Crippen LogP contribution in [0.1, 0.15) is 32.4 Å². The Labute approximate surface area is 129 Å². The van der Waals surface area contributed by atoms with Gasteiger partial charge in [0.15, 0.2) is 6.04 Å². The van der Waals surface area contributed by atoms with Gasteiger partial charge in [-0.05, 0) is 32.9 Å².